The van der Waals surface area contributed by atoms with Crippen LogP contribution >= 0.6 is 0 Å². The fourth-order valence-corrected chi connectivity index (χ4v) is 9.28. The summed E-state index contributed by atoms with van der Waals surface area (Å²) in [6.45, 7) is 6.47. The molecule has 0 fully saturated rings. The van der Waals surface area contributed by atoms with Crippen LogP contribution in [0.3, 0.4) is 0 Å². The van der Waals surface area contributed by atoms with Crippen molar-refractivity contribution >= 4 is 50.4 Å². The zero-order chi connectivity index (χ0) is 39.3. The van der Waals surface area contributed by atoms with Gasteiger partial charge in [-0.25, -0.2) is 0 Å². The van der Waals surface area contributed by atoms with E-state index in [-0.39, 0.29) is 0 Å². The molecule has 1 unspecified atom stereocenters. The Balaban J connectivity index is 0.998. The Morgan fingerprint density at radius 2 is 1.50 bits per heavy atom. The molecule has 3 heteroatoms. The number of hydrogen-bond acceptors (Lipinski definition) is 2. The molecule has 0 saturated carbocycles. The Morgan fingerprint density at radius 1 is 0.724 bits per heavy atom. The molecule has 0 spiro atoms. The zero-order valence-electron chi connectivity index (χ0n) is 32.7. The lowest BCUT2D eigenvalue weighted by Crippen LogP contribution is -2.15. The van der Waals surface area contributed by atoms with Crippen LogP contribution in [0.15, 0.2) is 183 Å². The molecule has 8 aromatic rings. The Hall–Kier alpha value is -7.41. The molecule has 1 atom stereocenters. The number of nitrogens with zero attached hydrogens (tertiary/aromatic N) is 3. The highest BCUT2D eigenvalue weighted by atomic mass is 15.1. The maximum atomic E-state index is 9.51. The van der Waals surface area contributed by atoms with E-state index in [1.165, 1.54) is 55.4 Å². The van der Waals surface area contributed by atoms with Crippen molar-refractivity contribution in [3.63, 3.8) is 0 Å². The molecule has 3 nitrogen and oxygen atoms in total. The van der Waals surface area contributed by atoms with Crippen LogP contribution in [0.1, 0.15) is 52.6 Å². The number of nitriles is 1. The minimum Gasteiger partial charge on any atom is -0.344 e. The summed E-state index contributed by atoms with van der Waals surface area (Å²) in [4.78, 5) is 2.34. The SMILES string of the molecule is C=C/C(=C\C=C(/C)c1ccc2c(c1)c1ccccc1n2-c1cccc(-c2cccc(C#N)c2)c1)c1ccccc1N(C)c1ccc2c3c1C=CCC3c1ccccc1-2. The molecule has 0 aliphatic heterocycles. The molecule has 2 aliphatic carbocycles. The van der Waals surface area contributed by atoms with Gasteiger partial charge in [-0.05, 0) is 118 Å². The molecule has 2 aliphatic rings. The monoisotopic (exact) mass is 743 g/mol. The van der Waals surface area contributed by atoms with Crippen molar-refractivity contribution in [1.29, 1.82) is 5.26 Å². The van der Waals surface area contributed by atoms with Crippen molar-refractivity contribution in [3.05, 3.63) is 216 Å². The maximum absolute atomic E-state index is 9.51. The number of allylic oxidation sites excluding steroid dienone is 6. The van der Waals surface area contributed by atoms with Gasteiger partial charge in [-0.1, -0.05) is 134 Å². The van der Waals surface area contributed by atoms with Crippen molar-refractivity contribution < 1.29 is 0 Å². The third kappa shape index (κ3) is 5.73. The van der Waals surface area contributed by atoms with Gasteiger partial charge < -0.3 is 9.47 Å². The Morgan fingerprint density at radius 3 is 2.38 bits per heavy atom. The number of benzene rings is 7. The highest BCUT2D eigenvalue weighted by Crippen LogP contribution is 2.52. The van der Waals surface area contributed by atoms with Gasteiger partial charge in [-0.15, -0.1) is 0 Å². The highest BCUT2D eigenvalue weighted by molar-refractivity contribution is 6.10. The Labute approximate surface area is 340 Å². The van der Waals surface area contributed by atoms with Crippen LogP contribution in [0, 0.1) is 11.3 Å². The van der Waals surface area contributed by atoms with Gasteiger partial charge in [0.1, 0.15) is 0 Å². The molecular formula is C55H41N3. The van der Waals surface area contributed by atoms with Crippen molar-refractivity contribution in [1.82, 2.24) is 4.57 Å². The van der Waals surface area contributed by atoms with Gasteiger partial charge in [0.2, 0.25) is 0 Å². The molecule has 1 aromatic heterocycles. The molecule has 1 heterocycles. The minimum absolute atomic E-state index is 0.410. The number of para-hydroxylation sites is 2. The first-order valence-corrected chi connectivity index (χ1v) is 19.9. The second kappa shape index (κ2) is 14.3. The van der Waals surface area contributed by atoms with Gasteiger partial charge in [0, 0.05) is 51.9 Å². The van der Waals surface area contributed by atoms with Crippen LogP contribution in [-0.2, 0) is 0 Å². The summed E-state index contributed by atoms with van der Waals surface area (Å²) in [6.07, 6.45) is 12.1. The lowest BCUT2D eigenvalue weighted by Gasteiger charge is -2.28. The number of anilines is 2. The molecule has 0 saturated heterocycles. The van der Waals surface area contributed by atoms with E-state index in [1.54, 1.807) is 0 Å². The van der Waals surface area contributed by atoms with E-state index in [0.29, 0.717) is 11.5 Å². The van der Waals surface area contributed by atoms with E-state index < -0.39 is 0 Å². The van der Waals surface area contributed by atoms with E-state index in [4.69, 9.17) is 0 Å². The first-order valence-electron chi connectivity index (χ1n) is 19.9. The number of hydrogen-bond donors (Lipinski definition) is 0. The summed E-state index contributed by atoms with van der Waals surface area (Å²) in [7, 11) is 2.19. The number of aromatic nitrogens is 1. The summed E-state index contributed by atoms with van der Waals surface area (Å²) in [5.41, 5.74) is 20.0. The highest BCUT2D eigenvalue weighted by Gasteiger charge is 2.33. The van der Waals surface area contributed by atoms with Crippen molar-refractivity contribution in [2.75, 3.05) is 11.9 Å². The molecule has 10 rings (SSSR count). The van der Waals surface area contributed by atoms with E-state index in [1.807, 2.05) is 24.3 Å². The van der Waals surface area contributed by atoms with Gasteiger partial charge in [-0.2, -0.15) is 5.26 Å². The van der Waals surface area contributed by atoms with Crippen LogP contribution in [0.2, 0.25) is 0 Å². The number of fused-ring (bicyclic) bond motifs is 6. The zero-order valence-corrected chi connectivity index (χ0v) is 32.7. The van der Waals surface area contributed by atoms with E-state index in [9.17, 15) is 5.26 Å². The molecule has 0 N–H and O–H groups in total. The van der Waals surface area contributed by atoms with Gasteiger partial charge >= 0.3 is 0 Å². The molecule has 0 amide bonds. The Bertz CT molecular complexity index is 3110. The van der Waals surface area contributed by atoms with Crippen LogP contribution < -0.4 is 4.90 Å². The van der Waals surface area contributed by atoms with E-state index in [0.717, 1.165) is 51.1 Å². The second-order valence-electron chi connectivity index (χ2n) is 15.3. The largest absolute Gasteiger partial charge is 0.344 e. The van der Waals surface area contributed by atoms with Crippen LogP contribution in [-0.4, -0.2) is 11.6 Å². The quantitative estimate of drug-likeness (QED) is 0.145. The summed E-state index contributed by atoms with van der Waals surface area (Å²) < 4.78 is 2.35. The average molecular weight is 744 g/mol. The third-order valence-corrected chi connectivity index (χ3v) is 12.1. The normalized spacial score (nSPS) is 14.3. The second-order valence-corrected chi connectivity index (χ2v) is 15.3. The molecule has 58 heavy (non-hydrogen) atoms. The first-order chi connectivity index (χ1) is 28.5. The van der Waals surface area contributed by atoms with E-state index in [2.05, 4.69) is 194 Å². The van der Waals surface area contributed by atoms with E-state index >= 15 is 0 Å². The summed E-state index contributed by atoms with van der Waals surface area (Å²) in [5.74, 6) is 0.410. The van der Waals surface area contributed by atoms with Crippen LogP contribution in [0.4, 0.5) is 11.4 Å². The molecule has 7 aromatic carbocycles. The van der Waals surface area contributed by atoms with Crippen LogP contribution in [0.5, 0.6) is 0 Å². The smallest absolute Gasteiger partial charge is 0.0991 e. The summed E-state index contributed by atoms with van der Waals surface area (Å²) >= 11 is 0. The Kier molecular flexibility index (Phi) is 8.62. The molecule has 0 radical (unpaired) electrons. The first kappa shape index (κ1) is 35.0. The lowest BCUT2D eigenvalue weighted by molar-refractivity contribution is 0.843. The number of rotatable bonds is 8. The van der Waals surface area contributed by atoms with Crippen molar-refractivity contribution in [2.45, 2.75) is 19.3 Å². The standard InChI is InChI=1S/C55H41N3/c1-4-38(43-18-7-9-24-51(43)57(3)52-31-29-48-45-20-6-5-19-44(45)47-22-13-23-49(52)55(47)48)27-26-36(2)39-28-30-54-50(34-39)46-21-8-10-25-53(46)58(54)42-17-12-16-41(33-42)40-15-11-14-37(32-40)35-56/h4-21,23-34,47H,1,22H2,2-3H3/b36-26+,38-27+. The average Bonchev–Trinajstić information content (AvgIpc) is 3.80. The van der Waals surface area contributed by atoms with Crippen molar-refractivity contribution in [2.24, 2.45) is 0 Å². The molecule has 276 valence electrons. The predicted molar refractivity (Wildman–Crippen MR) is 245 cm³/mol. The van der Waals surface area contributed by atoms with Gasteiger partial charge in [-0.3, -0.25) is 0 Å². The maximum Gasteiger partial charge on any atom is 0.0991 e. The molecular weight excluding hydrogens is 703 g/mol. The summed E-state index contributed by atoms with van der Waals surface area (Å²) in [5, 5.41) is 11.9. The topological polar surface area (TPSA) is 32.0 Å². The third-order valence-electron chi connectivity index (χ3n) is 12.1. The van der Waals surface area contributed by atoms with Gasteiger partial charge in [0.05, 0.1) is 22.7 Å². The summed E-state index contributed by atoms with van der Waals surface area (Å²) in [6, 6.07) is 56.2. The van der Waals surface area contributed by atoms with Crippen molar-refractivity contribution in [3.8, 4) is 34.0 Å². The predicted octanol–water partition coefficient (Wildman–Crippen LogP) is 14.3. The fourth-order valence-electron chi connectivity index (χ4n) is 9.28. The van der Waals surface area contributed by atoms with Gasteiger partial charge in [0.15, 0.2) is 0 Å². The van der Waals surface area contributed by atoms with Crippen LogP contribution in [0.25, 0.3) is 67.0 Å². The lowest BCUT2D eigenvalue weighted by atomic mass is 9.85. The minimum atomic E-state index is 0.410. The molecule has 0 bridgehead atoms. The fraction of sp³-hybridized carbons (Fsp3) is 0.0727. The van der Waals surface area contributed by atoms with Gasteiger partial charge in [0.25, 0.3) is 0 Å².